The molecule has 1 aliphatic heterocycles. The molecule has 1 saturated heterocycles. The second kappa shape index (κ2) is 9.95. The minimum atomic E-state index is -4.42. The number of alkyl halides is 3. The van der Waals surface area contributed by atoms with Crippen LogP contribution in [-0.2, 0) is 11.3 Å². The van der Waals surface area contributed by atoms with E-state index in [1.807, 2.05) is 18.2 Å². The smallest absolute Gasteiger partial charge is 0.422 e. The van der Waals surface area contributed by atoms with Gasteiger partial charge in [0.05, 0.1) is 0 Å². The second-order valence-electron chi connectivity index (χ2n) is 7.36. The van der Waals surface area contributed by atoms with Crippen LogP contribution in [-0.4, -0.2) is 30.2 Å². The molecular weight excluding hydrogens is 395 g/mol. The van der Waals surface area contributed by atoms with Gasteiger partial charge in [-0.25, -0.2) is 5.01 Å². The van der Waals surface area contributed by atoms with Gasteiger partial charge in [-0.2, -0.15) is 13.2 Å². The van der Waals surface area contributed by atoms with Crippen molar-refractivity contribution >= 4 is 11.6 Å². The van der Waals surface area contributed by atoms with Gasteiger partial charge in [0.15, 0.2) is 6.61 Å². The lowest BCUT2D eigenvalue weighted by Crippen LogP contribution is -2.43. The van der Waals surface area contributed by atoms with Crippen molar-refractivity contribution in [1.29, 1.82) is 0 Å². The van der Waals surface area contributed by atoms with E-state index >= 15 is 0 Å². The maximum Gasteiger partial charge on any atom is 0.422 e. The maximum atomic E-state index is 12.6. The monoisotopic (exact) mass is 421 g/mol. The summed E-state index contributed by atoms with van der Waals surface area (Å²) in [6.07, 6.45) is -1.26. The Morgan fingerprint density at radius 1 is 1.17 bits per heavy atom. The van der Waals surface area contributed by atoms with Gasteiger partial charge in [0.25, 0.3) is 0 Å². The van der Waals surface area contributed by atoms with Crippen molar-refractivity contribution in [2.45, 2.75) is 44.9 Å². The first-order chi connectivity index (χ1) is 14.3. The van der Waals surface area contributed by atoms with Gasteiger partial charge in [0.2, 0.25) is 5.91 Å². The molecule has 2 N–H and O–H groups in total. The van der Waals surface area contributed by atoms with Gasteiger partial charge in [-0.15, -0.1) is 0 Å². The van der Waals surface area contributed by atoms with Crippen LogP contribution in [0.1, 0.15) is 43.4 Å². The number of carbonyl (C=O) groups excluding carboxylic acids is 1. The number of ether oxygens (including phenoxy) is 1. The molecule has 0 aromatic heterocycles. The summed E-state index contributed by atoms with van der Waals surface area (Å²) in [6.45, 7) is 1.13. The Bertz CT molecular complexity index is 843. The molecule has 1 atom stereocenters. The van der Waals surface area contributed by atoms with Crippen LogP contribution in [0, 0.1) is 0 Å². The summed E-state index contributed by atoms with van der Waals surface area (Å²) in [5.41, 5.74) is 5.62. The summed E-state index contributed by atoms with van der Waals surface area (Å²) in [6, 6.07) is 15.0. The quantitative estimate of drug-likeness (QED) is 0.673. The predicted octanol–water partition coefficient (Wildman–Crippen LogP) is 4.82. The lowest BCUT2D eigenvalue weighted by molar-refractivity contribution is -0.153. The number of nitrogens with one attached hydrogen (secondary N) is 2. The summed E-state index contributed by atoms with van der Waals surface area (Å²) in [7, 11) is 0. The topological polar surface area (TPSA) is 53.6 Å². The Balaban J connectivity index is 1.76. The Labute approximate surface area is 174 Å². The average Bonchev–Trinajstić information content (AvgIpc) is 2.71. The van der Waals surface area contributed by atoms with E-state index in [0.29, 0.717) is 11.3 Å². The molecule has 0 radical (unpaired) electrons. The van der Waals surface area contributed by atoms with Crippen molar-refractivity contribution < 1.29 is 22.7 Å². The van der Waals surface area contributed by atoms with Crippen LogP contribution in [0.3, 0.4) is 0 Å². The van der Waals surface area contributed by atoms with Crippen LogP contribution < -0.4 is 15.5 Å². The van der Waals surface area contributed by atoms with Crippen molar-refractivity contribution in [3.63, 3.8) is 0 Å². The normalized spacial score (nSPS) is 17.5. The molecular formula is C22H26F3N3O2. The Kier molecular flexibility index (Phi) is 7.33. The molecule has 5 nitrogen and oxygen atoms in total. The molecule has 30 heavy (non-hydrogen) atoms. The van der Waals surface area contributed by atoms with E-state index < -0.39 is 12.8 Å². The molecule has 1 amide bonds. The fourth-order valence-corrected chi connectivity index (χ4v) is 3.63. The van der Waals surface area contributed by atoms with Crippen molar-refractivity contribution in [3.8, 4) is 5.75 Å². The van der Waals surface area contributed by atoms with E-state index in [-0.39, 0.29) is 24.2 Å². The van der Waals surface area contributed by atoms with Crippen molar-refractivity contribution in [2.75, 3.05) is 18.5 Å². The Morgan fingerprint density at radius 2 is 1.93 bits per heavy atom. The number of amides is 1. The summed E-state index contributed by atoms with van der Waals surface area (Å²) in [5, 5.41) is 4.80. The van der Waals surface area contributed by atoms with Crippen LogP contribution in [0.15, 0.2) is 48.5 Å². The zero-order valence-corrected chi connectivity index (χ0v) is 16.8. The van der Waals surface area contributed by atoms with Crippen molar-refractivity contribution in [1.82, 2.24) is 10.4 Å². The first-order valence-electron chi connectivity index (χ1n) is 9.97. The highest BCUT2D eigenvalue weighted by Crippen LogP contribution is 2.30. The molecule has 0 bridgehead atoms. The third kappa shape index (κ3) is 6.47. The van der Waals surface area contributed by atoms with Gasteiger partial charge in [-0.05, 0) is 36.6 Å². The lowest BCUT2D eigenvalue weighted by atomic mass is 9.97. The number of anilines is 1. The van der Waals surface area contributed by atoms with Crippen LogP contribution >= 0.6 is 0 Å². The van der Waals surface area contributed by atoms with E-state index in [0.717, 1.165) is 25.8 Å². The van der Waals surface area contributed by atoms with Crippen molar-refractivity contribution in [2.24, 2.45) is 0 Å². The van der Waals surface area contributed by atoms with Crippen LogP contribution in [0.2, 0.25) is 0 Å². The number of carbonyl (C=O) groups is 1. The highest BCUT2D eigenvalue weighted by molar-refractivity contribution is 5.88. The highest BCUT2D eigenvalue weighted by atomic mass is 19.4. The minimum absolute atomic E-state index is 0.141. The molecule has 2 aromatic rings. The number of rotatable bonds is 7. The lowest BCUT2D eigenvalue weighted by Gasteiger charge is -2.36. The molecule has 3 rings (SSSR count). The molecule has 1 unspecified atom stereocenters. The minimum Gasteiger partial charge on any atom is -0.484 e. The Morgan fingerprint density at radius 3 is 2.63 bits per heavy atom. The number of halogens is 3. The first-order valence-corrected chi connectivity index (χ1v) is 9.97. The van der Waals surface area contributed by atoms with E-state index in [9.17, 15) is 18.0 Å². The summed E-state index contributed by atoms with van der Waals surface area (Å²) >= 11 is 0. The van der Waals surface area contributed by atoms with Gasteiger partial charge in [0.1, 0.15) is 5.75 Å². The van der Waals surface area contributed by atoms with Gasteiger partial charge < -0.3 is 10.1 Å². The maximum absolute atomic E-state index is 12.6. The average molecular weight is 421 g/mol. The number of benzene rings is 2. The summed E-state index contributed by atoms with van der Waals surface area (Å²) < 4.78 is 42.9. The standard InChI is InChI=1S/C22H26F3N3O2/c1-16(29)27-19-10-11-21(30-15-22(23,24)25)18(13-19)14-26-28-12-6-5-9-20(28)17-7-3-2-4-8-17/h2-4,7-8,10-11,13,20,26H,5-6,9,12,14-15H2,1H3,(H,27,29). The molecule has 1 fully saturated rings. The van der Waals surface area contributed by atoms with Crippen molar-refractivity contribution in [3.05, 3.63) is 59.7 Å². The number of hydrazine groups is 1. The Hall–Kier alpha value is -2.58. The van der Waals surface area contributed by atoms with E-state index in [4.69, 9.17) is 4.74 Å². The third-order valence-corrected chi connectivity index (χ3v) is 4.93. The van der Waals surface area contributed by atoms with Gasteiger partial charge in [-0.1, -0.05) is 36.8 Å². The summed E-state index contributed by atoms with van der Waals surface area (Å²) in [4.78, 5) is 11.4. The van der Waals surface area contributed by atoms with Crippen LogP contribution in [0.25, 0.3) is 0 Å². The molecule has 8 heteroatoms. The third-order valence-electron chi connectivity index (χ3n) is 4.93. The fraction of sp³-hybridized carbons (Fsp3) is 0.409. The molecule has 162 valence electrons. The zero-order valence-electron chi connectivity index (χ0n) is 16.8. The summed E-state index contributed by atoms with van der Waals surface area (Å²) in [5.74, 6) is -0.111. The number of hydrogen-bond acceptors (Lipinski definition) is 4. The largest absolute Gasteiger partial charge is 0.484 e. The predicted molar refractivity (Wildman–Crippen MR) is 109 cm³/mol. The molecule has 0 aliphatic carbocycles. The number of hydrogen-bond donors (Lipinski definition) is 2. The van der Waals surface area contributed by atoms with Gasteiger partial charge in [0, 0.05) is 37.3 Å². The van der Waals surface area contributed by atoms with Crippen LogP contribution in [0.5, 0.6) is 5.75 Å². The van der Waals surface area contributed by atoms with E-state index in [1.54, 1.807) is 6.07 Å². The number of nitrogens with zero attached hydrogens (tertiary/aromatic N) is 1. The molecule has 0 spiro atoms. The molecule has 0 saturated carbocycles. The number of piperidine rings is 1. The molecule has 1 aliphatic rings. The first kappa shape index (κ1) is 22.1. The van der Waals surface area contributed by atoms with E-state index in [2.05, 4.69) is 27.9 Å². The highest BCUT2D eigenvalue weighted by Gasteiger charge is 2.29. The second-order valence-corrected chi connectivity index (χ2v) is 7.36. The molecule has 2 aromatic carbocycles. The van der Waals surface area contributed by atoms with Gasteiger partial charge >= 0.3 is 6.18 Å². The van der Waals surface area contributed by atoms with E-state index in [1.165, 1.54) is 24.6 Å². The molecule has 1 heterocycles. The zero-order chi connectivity index (χ0) is 21.6. The van der Waals surface area contributed by atoms with Crippen LogP contribution in [0.4, 0.5) is 18.9 Å². The SMILES string of the molecule is CC(=O)Nc1ccc(OCC(F)(F)F)c(CNN2CCCCC2c2ccccc2)c1. The van der Waals surface area contributed by atoms with Gasteiger partial charge in [-0.3, -0.25) is 10.2 Å². The fourth-order valence-electron chi connectivity index (χ4n) is 3.63.